The van der Waals surface area contributed by atoms with Gasteiger partial charge in [0.1, 0.15) is 7.85 Å². The summed E-state index contributed by atoms with van der Waals surface area (Å²) in [4.78, 5) is 37.6. The van der Waals surface area contributed by atoms with Crippen molar-refractivity contribution in [3.63, 3.8) is 0 Å². The molecule has 3 aromatic carbocycles. The molecule has 0 aliphatic carbocycles. The van der Waals surface area contributed by atoms with Gasteiger partial charge < -0.3 is 16.0 Å². The van der Waals surface area contributed by atoms with Crippen LogP contribution in [0.4, 0.5) is 20.2 Å². The molecule has 0 atom stereocenters. The molecule has 2 radical (unpaired) electrons. The highest BCUT2D eigenvalue weighted by Crippen LogP contribution is 2.23. The van der Waals surface area contributed by atoms with Crippen LogP contribution in [0.25, 0.3) is 0 Å². The van der Waals surface area contributed by atoms with Crippen molar-refractivity contribution in [2.45, 2.75) is 27.3 Å². The maximum atomic E-state index is 14.4. The molecule has 3 aromatic rings. The lowest BCUT2D eigenvalue weighted by Crippen LogP contribution is -2.34. The molecule has 0 spiro atoms. The molecule has 10 heteroatoms. The highest BCUT2D eigenvalue weighted by Gasteiger charge is 2.22. The summed E-state index contributed by atoms with van der Waals surface area (Å²) in [5.74, 6) is -4.48. The van der Waals surface area contributed by atoms with E-state index in [1.54, 1.807) is 26.8 Å². The Kier molecular flexibility index (Phi) is 8.15. The summed E-state index contributed by atoms with van der Waals surface area (Å²) >= 11 is 6.18. The van der Waals surface area contributed by atoms with Crippen LogP contribution >= 0.6 is 11.6 Å². The predicted molar refractivity (Wildman–Crippen MR) is 137 cm³/mol. The average Bonchev–Trinajstić information content (AvgIpc) is 2.81. The number of benzene rings is 3. The van der Waals surface area contributed by atoms with E-state index < -0.39 is 34.4 Å². The van der Waals surface area contributed by atoms with Gasteiger partial charge in [0.05, 0.1) is 16.1 Å². The SMILES string of the molecule is [B]c1ccc(NC(=O)c2cc(NC(=O)c3cc(CNC(=O)C(C)(C)C)ccc3Cl)cc(F)c2F)cc1. The standard InChI is InChI=1S/C26H23BClF2N3O3/c1-26(2,3)25(36)31-13-14-4-9-20(28)18(10-14)23(34)33-17-11-19(22(30)21(29)12-17)24(35)32-16-7-5-15(27)6-8-16/h4-12H,13H2,1-3H3,(H,31,36)(H,32,35)(H,33,34). The van der Waals surface area contributed by atoms with Crippen molar-refractivity contribution in [2.75, 3.05) is 10.6 Å². The Morgan fingerprint density at radius 3 is 2.11 bits per heavy atom. The third-order valence-corrected chi connectivity index (χ3v) is 5.44. The van der Waals surface area contributed by atoms with E-state index in [2.05, 4.69) is 16.0 Å². The molecule has 0 aliphatic rings. The first-order chi connectivity index (χ1) is 16.8. The van der Waals surface area contributed by atoms with Crippen molar-refractivity contribution in [1.82, 2.24) is 5.32 Å². The molecule has 3 N–H and O–H groups in total. The molecule has 3 rings (SSSR count). The third-order valence-electron chi connectivity index (χ3n) is 5.11. The Bertz CT molecular complexity index is 1330. The molecule has 0 heterocycles. The van der Waals surface area contributed by atoms with Gasteiger partial charge in [0, 0.05) is 29.4 Å². The third kappa shape index (κ3) is 6.69. The van der Waals surface area contributed by atoms with Gasteiger partial charge in [0.2, 0.25) is 5.91 Å². The number of carbonyl (C=O) groups excluding carboxylic acids is 3. The Morgan fingerprint density at radius 2 is 1.47 bits per heavy atom. The van der Waals surface area contributed by atoms with E-state index in [1.165, 1.54) is 36.4 Å². The van der Waals surface area contributed by atoms with Crippen LogP contribution in [0.15, 0.2) is 54.6 Å². The van der Waals surface area contributed by atoms with Crippen LogP contribution < -0.4 is 21.4 Å². The fourth-order valence-corrected chi connectivity index (χ4v) is 3.30. The van der Waals surface area contributed by atoms with Crippen molar-refractivity contribution in [1.29, 1.82) is 0 Å². The zero-order chi connectivity index (χ0) is 26.6. The van der Waals surface area contributed by atoms with E-state index in [-0.39, 0.29) is 28.7 Å². The fourth-order valence-electron chi connectivity index (χ4n) is 3.09. The quantitative estimate of drug-likeness (QED) is 0.425. The number of rotatable bonds is 6. The Labute approximate surface area is 213 Å². The average molecular weight is 510 g/mol. The zero-order valence-corrected chi connectivity index (χ0v) is 20.6. The lowest BCUT2D eigenvalue weighted by Gasteiger charge is -2.18. The van der Waals surface area contributed by atoms with Crippen LogP contribution in [-0.2, 0) is 11.3 Å². The highest BCUT2D eigenvalue weighted by molar-refractivity contribution is 6.34. The van der Waals surface area contributed by atoms with Crippen molar-refractivity contribution in [3.05, 3.63) is 87.9 Å². The molecule has 3 amide bonds. The van der Waals surface area contributed by atoms with Gasteiger partial charge in [-0.3, -0.25) is 14.4 Å². The molecule has 0 fully saturated rings. The molecular formula is C26H23BClF2N3O3. The van der Waals surface area contributed by atoms with Gasteiger partial charge in [0.15, 0.2) is 11.6 Å². The van der Waals surface area contributed by atoms with Gasteiger partial charge in [-0.15, -0.1) is 0 Å². The monoisotopic (exact) mass is 509 g/mol. The van der Waals surface area contributed by atoms with E-state index >= 15 is 0 Å². The van der Waals surface area contributed by atoms with Crippen molar-refractivity contribution in [3.8, 4) is 0 Å². The minimum absolute atomic E-state index is 0.0526. The predicted octanol–water partition coefficient (Wildman–Crippen LogP) is 4.58. The number of carbonyl (C=O) groups is 3. The number of hydrogen-bond donors (Lipinski definition) is 3. The van der Waals surface area contributed by atoms with Gasteiger partial charge >= 0.3 is 0 Å². The summed E-state index contributed by atoms with van der Waals surface area (Å²) in [5.41, 5.74) is 0.111. The zero-order valence-electron chi connectivity index (χ0n) is 19.8. The summed E-state index contributed by atoms with van der Waals surface area (Å²) in [5, 5.41) is 7.77. The normalized spacial score (nSPS) is 11.1. The Morgan fingerprint density at radius 1 is 0.861 bits per heavy atom. The van der Waals surface area contributed by atoms with Gasteiger partial charge in [-0.2, -0.15) is 0 Å². The summed E-state index contributed by atoms with van der Waals surface area (Å²) < 4.78 is 28.7. The summed E-state index contributed by atoms with van der Waals surface area (Å²) in [6.07, 6.45) is 0. The van der Waals surface area contributed by atoms with Crippen LogP contribution in [-0.4, -0.2) is 25.6 Å². The van der Waals surface area contributed by atoms with E-state index in [9.17, 15) is 23.2 Å². The van der Waals surface area contributed by atoms with E-state index in [0.717, 1.165) is 12.1 Å². The number of halogens is 3. The van der Waals surface area contributed by atoms with Crippen LogP contribution in [0.3, 0.4) is 0 Å². The molecular weight excluding hydrogens is 487 g/mol. The maximum absolute atomic E-state index is 14.4. The second kappa shape index (κ2) is 10.9. The summed E-state index contributed by atoms with van der Waals surface area (Å²) in [6, 6.07) is 12.5. The molecule has 36 heavy (non-hydrogen) atoms. The molecule has 0 bridgehead atoms. The van der Waals surface area contributed by atoms with Crippen LogP contribution in [0.5, 0.6) is 0 Å². The van der Waals surface area contributed by atoms with E-state index in [0.29, 0.717) is 16.7 Å². The first kappa shape index (κ1) is 26.9. The highest BCUT2D eigenvalue weighted by atomic mass is 35.5. The minimum Gasteiger partial charge on any atom is -0.352 e. The molecule has 184 valence electrons. The molecule has 0 saturated carbocycles. The molecule has 0 unspecified atom stereocenters. The number of hydrogen-bond acceptors (Lipinski definition) is 3. The van der Waals surface area contributed by atoms with Gasteiger partial charge in [-0.25, -0.2) is 8.78 Å². The summed E-state index contributed by atoms with van der Waals surface area (Å²) in [7, 11) is 5.60. The van der Waals surface area contributed by atoms with Crippen LogP contribution in [0.2, 0.25) is 5.02 Å². The molecule has 6 nitrogen and oxygen atoms in total. The Hall–Kier alpha value is -3.72. The van der Waals surface area contributed by atoms with Gasteiger partial charge in [-0.1, -0.05) is 56.0 Å². The van der Waals surface area contributed by atoms with Crippen LogP contribution in [0.1, 0.15) is 47.1 Å². The van der Waals surface area contributed by atoms with Crippen LogP contribution in [0, 0.1) is 17.0 Å². The van der Waals surface area contributed by atoms with Gasteiger partial charge in [0.25, 0.3) is 11.8 Å². The lowest BCUT2D eigenvalue weighted by molar-refractivity contribution is -0.128. The second-order valence-electron chi connectivity index (χ2n) is 9.10. The molecule has 0 aliphatic heterocycles. The summed E-state index contributed by atoms with van der Waals surface area (Å²) in [6.45, 7) is 5.48. The minimum atomic E-state index is -1.37. The Balaban J connectivity index is 1.79. The smallest absolute Gasteiger partial charge is 0.258 e. The largest absolute Gasteiger partial charge is 0.352 e. The second-order valence-corrected chi connectivity index (χ2v) is 9.50. The number of nitrogens with one attached hydrogen (secondary N) is 3. The fraction of sp³-hybridized carbons (Fsp3) is 0.192. The molecule has 0 aromatic heterocycles. The topological polar surface area (TPSA) is 87.3 Å². The van der Waals surface area contributed by atoms with Crippen molar-refractivity contribution >= 4 is 54.0 Å². The van der Waals surface area contributed by atoms with Crippen molar-refractivity contribution < 1.29 is 23.2 Å². The first-order valence-corrected chi connectivity index (χ1v) is 11.3. The van der Waals surface area contributed by atoms with Gasteiger partial charge in [-0.05, 0) is 35.9 Å². The van der Waals surface area contributed by atoms with E-state index in [1.807, 2.05) is 0 Å². The number of amides is 3. The van der Waals surface area contributed by atoms with Crippen molar-refractivity contribution in [2.24, 2.45) is 5.41 Å². The maximum Gasteiger partial charge on any atom is 0.258 e. The first-order valence-electron chi connectivity index (χ1n) is 10.9. The molecule has 0 saturated heterocycles. The lowest BCUT2D eigenvalue weighted by atomic mass is 9.95. The van der Waals surface area contributed by atoms with E-state index in [4.69, 9.17) is 19.4 Å². The number of anilines is 2.